The van der Waals surface area contributed by atoms with Gasteiger partial charge in [0.05, 0.1) is 16.7 Å². The Morgan fingerprint density at radius 3 is 2.27 bits per heavy atom. The van der Waals surface area contributed by atoms with Crippen molar-refractivity contribution in [3.05, 3.63) is 29.3 Å². The number of carbonyl (C=O) groups excluding carboxylic acids is 2. The first-order chi connectivity index (χ1) is 12.5. The van der Waals surface area contributed by atoms with Crippen LogP contribution in [0.1, 0.15) is 67.8 Å². The van der Waals surface area contributed by atoms with Gasteiger partial charge < -0.3 is 10.6 Å². The minimum absolute atomic E-state index is 0.0919. The molecule has 4 fully saturated rings. The summed E-state index contributed by atoms with van der Waals surface area (Å²) < 4.78 is 0. The van der Waals surface area contributed by atoms with Crippen molar-refractivity contribution in [1.82, 2.24) is 5.32 Å². The second-order valence-corrected chi connectivity index (χ2v) is 8.91. The molecule has 0 aromatic heterocycles. The monoisotopic (exact) mass is 354 g/mol. The average molecular weight is 354 g/mol. The minimum Gasteiger partial charge on any atom is -0.352 e. The number of carbonyl (C=O) groups is 2. The van der Waals surface area contributed by atoms with Gasteiger partial charge in [0, 0.05) is 6.54 Å². The number of nitrogens with one attached hydrogen (secondary N) is 2. The van der Waals surface area contributed by atoms with Crippen molar-refractivity contribution in [2.24, 2.45) is 23.2 Å². The molecule has 0 atom stereocenters. The van der Waals surface area contributed by atoms with Crippen LogP contribution in [-0.2, 0) is 4.79 Å². The Morgan fingerprint density at radius 1 is 1.08 bits per heavy atom. The van der Waals surface area contributed by atoms with E-state index >= 15 is 0 Å². The van der Waals surface area contributed by atoms with Gasteiger partial charge in [-0.1, -0.05) is 19.1 Å². The molecule has 4 heteroatoms. The molecule has 2 N–H and O–H groups in total. The summed E-state index contributed by atoms with van der Waals surface area (Å²) >= 11 is 0. The molecule has 0 radical (unpaired) electrons. The summed E-state index contributed by atoms with van der Waals surface area (Å²) in [6, 6.07) is 5.72. The molecule has 0 aliphatic heterocycles. The zero-order valence-corrected chi connectivity index (χ0v) is 15.9. The Labute approximate surface area is 156 Å². The van der Waals surface area contributed by atoms with Crippen molar-refractivity contribution in [1.29, 1.82) is 0 Å². The second kappa shape index (κ2) is 6.71. The average Bonchev–Trinajstić information content (AvgIpc) is 2.58. The summed E-state index contributed by atoms with van der Waals surface area (Å²) in [6.45, 7) is 4.62. The van der Waals surface area contributed by atoms with E-state index < -0.39 is 0 Å². The molecule has 0 heterocycles. The summed E-state index contributed by atoms with van der Waals surface area (Å²) in [7, 11) is 0. The Balaban J connectivity index is 1.57. The van der Waals surface area contributed by atoms with E-state index in [2.05, 4.69) is 10.6 Å². The van der Waals surface area contributed by atoms with Gasteiger partial charge in [-0.2, -0.15) is 0 Å². The fourth-order valence-electron chi connectivity index (χ4n) is 6.04. The third kappa shape index (κ3) is 3.04. The Kier molecular flexibility index (Phi) is 4.54. The van der Waals surface area contributed by atoms with E-state index in [0.29, 0.717) is 17.8 Å². The van der Waals surface area contributed by atoms with E-state index in [9.17, 15) is 9.59 Å². The summed E-state index contributed by atoms with van der Waals surface area (Å²) in [5.41, 5.74) is 1.98. The van der Waals surface area contributed by atoms with Crippen LogP contribution in [0.5, 0.6) is 0 Å². The van der Waals surface area contributed by atoms with Gasteiger partial charge >= 0.3 is 0 Å². The highest BCUT2D eigenvalue weighted by atomic mass is 16.2. The van der Waals surface area contributed by atoms with Crippen molar-refractivity contribution >= 4 is 17.5 Å². The summed E-state index contributed by atoms with van der Waals surface area (Å²) in [5.74, 6) is 2.25. The third-order valence-electron chi connectivity index (χ3n) is 6.80. The molecule has 4 bridgehead atoms. The van der Waals surface area contributed by atoms with Gasteiger partial charge in [-0.25, -0.2) is 0 Å². The molecule has 4 saturated carbocycles. The van der Waals surface area contributed by atoms with Crippen LogP contribution in [0.15, 0.2) is 18.2 Å². The van der Waals surface area contributed by atoms with Gasteiger partial charge in [-0.05, 0) is 81.3 Å². The maximum Gasteiger partial charge on any atom is 0.253 e. The van der Waals surface area contributed by atoms with Crippen LogP contribution in [-0.4, -0.2) is 18.4 Å². The largest absolute Gasteiger partial charge is 0.352 e. The zero-order valence-electron chi connectivity index (χ0n) is 15.9. The molecule has 4 aliphatic rings. The molecule has 0 unspecified atom stereocenters. The van der Waals surface area contributed by atoms with Crippen molar-refractivity contribution in [3.63, 3.8) is 0 Å². The smallest absolute Gasteiger partial charge is 0.253 e. The van der Waals surface area contributed by atoms with Crippen LogP contribution in [0.25, 0.3) is 0 Å². The van der Waals surface area contributed by atoms with Crippen molar-refractivity contribution in [2.45, 2.75) is 58.8 Å². The number of hydrogen-bond acceptors (Lipinski definition) is 2. The first kappa shape index (κ1) is 17.6. The Bertz CT molecular complexity index is 690. The van der Waals surface area contributed by atoms with Crippen LogP contribution in [0, 0.1) is 30.1 Å². The number of amides is 2. The quantitative estimate of drug-likeness (QED) is 0.829. The number of rotatable bonds is 5. The van der Waals surface area contributed by atoms with E-state index in [1.54, 1.807) is 0 Å². The van der Waals surface area contributed by atoms with Crippen LogP contribution in [0.2, 0.25) is 0 Å². The van der Waals surface area contributed by atoms with Crippen LogP contribution < -0.4 is 10.6 Å². The van der Waals surface area contributed by atoms with Gasteiger partial charge in [-0.15, -0.1) is 0 Å². The standard InChI is InChI=1S/C22H30N2O2/c1-3-7-23-20(25)19-14(2)5-4-6-18(19)24-21(26)22-11-15-8-16(12-22)10-17(9-15)13-22/h4-6,15-17H,3,7-13H2,1-2H3,(H,23,25)(H,24,26). The molecule has 26 heavy (non-hydrogen) atoms. The lowest BCUT2D eigenvalue weighted by Gasteiger charge is -2.55. The molecule has 4 nitrogen and oxygen atoms in total. The molecule has 1 aromatic rings. The maximum absolute atomic E-state index is 13.3. The van der Waals surface area contributed by atoms with Gasteiger partial charge in [0.1, 0.15) is 0 Å². The SMILES string of the molecule is CCCNC(=O)c1c(C)cccc1NC(=O)C12CC3CC(CC(C3)C1)C2. The first-order valence-electron chi connectivity index (χ1n) is 10.2. The Hall–Kier alpha value is -1.84. The van der Waals surface area contributed by atoms with E-state index in [-0.39, 0.29) is 17.2 Å². The lowest BCUT2D eigenvalue weighted by molar-refractivity contribution is -0.140. The third-order valence-corrected chi connectivity index (χ3v) is 6.80. The Morgan fingerprint density at radius 2 is 1.69 bits per heavy atom. The predicted octanol–water partition coefficient (Wildman–Crippen LogP) is 4.29. The number of hydrogen-bond donors (Lipinski definition) is 2. The lowest BCUT2D eigenvalue weighted by atomic mass is 9.49. The molecule has 4 aliphatic carbocycles. The molecular formula is C22H30N2O2. The highest BCUT2D eigenvalue weighted by Gasteiger charge is 2.54. The van der Waals surface area contributed by atoms with Gasteiger partial charge in [0.15, 0.2) is 0 Å². The molecule has 140 valence electrons. The summed E-state index contributed by atoms with van der Waals surface area (Å²) in [4.78, 5) is 25.9. The first-order valence-corrected chi connectivity index (χ1v) is 10.2. The van der Waals surface area contributed by atoms with Crippen LogP contribution in [0.4, 0.5) is 5.69 Å². The molecule has 2 amide bonds. The van der Waals surface area contributed by atoms with E-state index in [0.717, 1.165) is 49.0 Å². The van der Waals surface area contributed by atoms with Crippen molar-refractivity contribution in [3.8, 4) is 0 Å². The van der Waals surface area contributed by atoms with Gasteiger partial charge in [0.2, 0.25) is 5.91 Å². The molecule has 1 aromatic carbocycles. The molecule has 0 spiro atoms. The van der Waals surface area contributed by atoms with Crippen molar-refractivity contribution in [2.75, 3.05) is 11.9 Å². The predicted molar refractivity (Wildman–Crippen MR) is 103 cm³/mol. The van der Waals surface area contributed by atoms with Crippen LogP contribution in [0.3, 0.4) is 0 Å². The number of benzene rings is 1. The molecular weight excluding hydrogens is 324 g/mol. The number of aryl methyl sites for hydroxylation is 1. The van der Waals surface area contributed by atoms with E-state index in [1.807, 2.05) is 32.0 Å². The normalized spacial score (nSPS) is 31.7. The second-order valence-electron chi connectivity index (χ2n) is 8.91. The van der Waals surface area contributed by atoms with E-state index in [4.69, 9.17) is 0 Å². The van der Waals surface area contributed by atoms with Gasteiger partial charge in [0.25, 0.3) is 5.91 Å². The fourth-order valence-corrected chi connectivity index (χ4v) is 6.04. The summed E-state index contributed by atoms with van der Waals surface area (Å²) in [5, 5.41) is 6.11. The fraction of sp³-hybridized carbons (Fsp3) is 0.636. The van der Waals surface area contributed by atoms with Crippen molar-refractivity contribution < 1.29 is 9.59 Å². The lowest BCUT2D eigenvalue weighted by Crippen LogP contribution is -2.51. The van der Waals surface area contributed by atoms with E-state index in [1.165, 1.54) is 19.3 Å². The van der Waals surface area contributed by atoms with Crippen LogP contribution >= 0.6 is 0 Å². The molecule has 0 saturated heterocycles. The topological polar surface area (TPSA) is 58.2 Å². The molecule has 5 rings (SSSR count). The highest BCUT2D eigenvalue weighted by molar-refractivity contribution is 6.06. The maximum atomic E-state index is 13.3. The summed E-state index contributed by atoms with van der Waals surface area (Å²) in [6.07, 6.45) is 7.97. The highest BCUT2D eigenvalue weighted by Crippen LogP contribution is 2.60. The zero-order chi connectivity index (χ0) is 18.3. The number of anilines is 1. The minimum atomic E-state index is -0.199. The van der Waals surface area contributed by atoms with Gasteiger partial charge in [-0.3, -0.25) is 9.59 Å².